The Morgan fingerprint density at radius 3 is 2.08 bits per heavy atom. The zero-order valence-corrected chi connectivity index (χ0v) is 25.6. The van der Waals surface area contributed by atoms with E-state index in [-0.39, 0.29) is 18.8 Å². The van der Waals surface area contributed by atoms with Crippen LogP contribution >= 0.6 is 7.60 Å². The summed E-state index contributed by atoms with van der Waals surface area (Å²) < 4.78 is 17.6. The Labute approximate surface area is 238 Å². The molecule has 1 fully saturated rings. The summed E-state index contributed by atoms with van der Waals surface area (Å²) >= 11 is 0. The first-order valence-electron chi connectivity index (χ1n) is 14.4. The van der Waals surface area contributed by atoms with Gasteiger partial charge in [0.2, 0.25) is 5.91 Å². The lowest BCUT2D eigenvalue weighted by Gasteiger charge is -2.28. The standard InChI is InChI=1S/C27H53N2O10P/c1-17(2)8-6-9-18(3)10-7-11-19(4)12-23(32)29-27(5,26(35)36)16-39-40(37,38)15-20(31)13-21-24(33)25(34)22(14-30)28-21/h17-22,24-25,28,30-31,33-34H,6-16H2,1-5H3,(H,29,32)(H,35,36)(H,37,38)/t18?,19?,20-,21-,22-,24-,25-,27?/m1/s1. The van der Waals surface area contributed by atoms with Crippen molar-refractivity contribution in [2.45, 2.75) is 122 Å². The lowest BCUT2D eigenvalue weighted by atomic mass is 9.92. The molecule has 8 N–H and O–H groups in total. The number of carboxylic acids is 1. The highest BCUT2D eigenvalue weighted by atomic mass is 31.2. The molecule has 1 saturated heterocycles. The molecule has 0 aromatic heterocycles. The molecule has 40 heavy (non-hydrogen) atoms. The second-order valence-electron chi connectivity index (χ2n) is 12.4. The quantitative estimate of drug-likeness (QED) is 0.0948. The van der Waals surface area contributed by atoms with Crippen LogP contribution in [-0.2, 0) is 18.7 Å². The fourth-order valence-electron chi connectivity index (χ4n) is 5.00. The first-order valence-corrected chi connectivity index (χ1v) is 16.2. The van der Waals surface area contributed by atoms with Gasteiger partial charge in [-0.2, -0.15) is 0 Å². The highest BCUT2D eigenvalue weighted by Crippen LogP contribution is 2.44. The second kappa shape index (κ2) is 17.1. The van der Waals surface area contributed by atoms with E-state index in [9.17, 15) is 44.6 Å². The zero-order valence-electron chi connectivity index (χ0n) is 24.7. The zero-order chi connectivity index (χ0) is 30.7. The van der Waals surface area contributed by atoms with Crippen LogP contribution in [0.25, 0.3) is 0 Å². The summed E-state index contributed by atoms with van der Waals surface area (Å²) in [6.07, 6.45) is 1.63. The maximum Gasteiger partial charge on any atom is 0.331 e. The van der Waals surface area contributed by atoms with E-state index in [4.69, 9.17) is 4.52 Å². The van der Waals surface area contributed by atoms with Crippen molar-refractivity contribution in [1.29, 1.82) is 0 Å². The number of hydrogen-bond donors (Lipinski definition) is 8. The van der Waals surface area contributed by atoms with Gasteiger partial charge in [0.15, 0.2) is 5.54 Å². The Morgan fingerprint density at radius 2 is 1.55 bits per heavy atom. The number of hydrogen-bond acceptors (Lipinski definition) is 9. The van der Waals surface area contributed by atoms with Gasteiger partial charge in [0.25, 0.3) is 0 Å². The SMILES string of the molecule is CC(C)CCCC(C)CCCC(C)CC(=O)NC(C)(COP(=O)(O)C[C@H](O)C[C@H]1N[C@H](CO)[C@@H](O)[C@@H]1O)C(=O)O. The van der Waals surface area contributed by atoms with Crippen molar-refractivity contribution in [3.63, 3.8) is 0 Å². The molecular weight excluding hydrogens is 543 g/mol. The molecule has 9 atom stereocenters. The average Bonchev–Trinajstić information content (AvgIpc) is 3.09. The van der Waals surface area contributed by atoms with E-state index in [2.05, 4.69) is 31.4 Å². The van der Waals surface area contributed by atoms with E-state index in [1.807, 2.05) is 6.92 Å². The minimum atomic E-state index is -4.49. The lowest BCUT2D eigenvalue weighted by Crippen LogP contribution is -2.55. The number of carboxylic acid groups (broad SMARTS) is 1. The Kier molecular flexibility index (Phi) is 15.8. The van der Waals surface area contributed by atoms with Crippen LogP contribution in [-0.4, -0.2) is 97.6 Å². The van der Waals surface area contributed by atoms with Gasteiger partial charge in [-0.25, -0.2) is 4.79 Å². The molecule has 1 aliphatic heterocycles. The van der Waals surface area contributed by atoms with Gasteiger partial charge >= 0.3 is 13.6 Å². The topological polar surface area (TPSA) is 206 Å². The minimum Gasteiger partial charge on any atom is -0.479 e. The summed E-state index contributed by atoms with van der Waals surface area (Å²) in [4.78, 5) is 34.7. The number of carbonyl (C=O) groups excluding carboxylic acids is 1. The number of amides is 1. The molecule has 0 aliphatic carbocycles. The van der Waals surface area contributed by atoms with Crippen LogP contribution in [0.2, 0.25) is 0 Å². The molecular formula is C27H53N2O10P. The third kappa shape index (κ3) is 13.2. The van der Waals surface area contributed by atoms with E-state index in [0.717, 1.165) is 19.3 Å². The normalized spacial score (nSPS) is 26.6. The summed E-state index contributed by atoms with van der Waals surface area (Å²) in [6, 6.07) is -1.63. The first kappa shape index (κ1) is 36.9. The van der Waals surface area contributed by atoms with Gasteiger partial charge in [0, 0.05) is 12.5 Å². The van der Waals surface area contributed by atoms with E-state index in [1.165, 1.54) is 26.2 Å². The van der Waals surface area contributed by atoms with Gasteiger partial charge < -0.3 is 45.6 Å². The maximum atomic E-state index is 12.6. The Balaban J connectivity index is 2.51. The molecule has 12 nitrogen and oxygen atoms in total. The fourth-order valence-corrected chi connectivity index (χ4v) is 6.24. The van der Waals surface area contributed by atoms with Gasteiger partial charge in [-0.3, -0.25) is 9.36 Å². The fraction of sp³-hybridized carbons (Fsp3) is 0.926. The molecule has 0 spiro atoms. The molecule has 0 aromatic carbocycles. The van der Waals surface area contributed by atoms with E-state index in [0.29, 0.717) is 11.8 Å². The smallest absolute Gasteiger partial charge is 0.331 e. The van der Waals surface area contributed by atoms with Crippen LogP contribution in [0.3, 0.4) is 0 Å². The van der Waals surface area contributed by atoms with E-state index < -0.39 is 74.8 Å². The van der Waals surface area contributed by atoms with Crippen LogP contribution in [0.1, 0.15) is 86.0 Å². The largest absolute Gasteiger partial charge is 0.479 e. The average molecular weight is 597 g/mol. The van der Waals surface area contributed by atoms with E-state index >= 15 is 0 Å². The molecule has 1 rings (SSSR count). The van der Waals surface area contributed by atoms with Gasteiger partial charge in [-0.05, 0) is 31.1 Å². The van der Waals surface area contributed by atoms with Crippen LogP contribution in [0, 0.1) is 17.8 Å². The molecule has 0 saturated carbocycles. The molecule has 4 unspecified atom stereocenters. The van der Waals surface area contributed by atoms with Crippen LogP contribution < -0.4 is 10.6 Å². The summed E-state index contributed by atoms with van der Waals surface area (Å²) in [6.45, 7) is 8.55. The first-order chi connectivity index (χ1) is 18.5. The monoisotopic (exact) mass is 596 g/mol. The van der Waals surface area contributed by atoms with Gasteiger partial charge in [0.05, 0.1) is 43.7 Å². The van der Waals surface area contributed by atoms with Crippen LogP contribution in [0.4, 0.5) is 0 Å². The third-order valence-corrected chi connectivity index (χ3v) is 9.03. The van der Waals surface area contributed by atoms with Crippen molar-refractivity contribution < 1.29 is 49.1 Å². The Morgan fingerprint density at radius 1 is 1.00 bits per heavy atom. The Bertz CT molecular complexity index is 831. The van der Waals surface area contributed by atoms with Crippen molar-refractivity contribution >= 4 is 19.5 Å². The molecule has 1 aliphatic rings. The number of carbonyl (C=O) groups is 2. The summed E-state index contributed by atoms with van der Waals surface area (Å²) in [5.74, 6) is -0.591. The van der Waals surface area contributed by atoms with Crippen molar-refractivity contribution in [1.82, 2.24) is 10.6 Å². The van der Waals surface area contributed by atoms with Crippen LogP contribution in [0.5, 0.6) is 0 Å². The van der Waals surface area contributed by atoms with Crippen molar-refractivity contribution in [3.8, 4) is 0 Å². The van der Waals surface area contributed by atoms with Crippen molar-refractivity contribution in [2.75, 3.05) is 19.4 Å². The van der Waals surface area contributed by atoms with Gasteiger partial charge in [0.1, 0.15) is 0 Å². The summed E-state index contributed by atoms with van der Waals surface area (Å²) in [5.41, 5.74) is -1.97. The molecule has 236 valence electrons. The molecule has 0 radical (unpaired) electrons. The predicted molar refractivity (Wildman–Crippen MR) is 151 cm³/mol. The highest BCUT2D eigenvalue weighted by molar-refractivity contribution is 7.52. The summed E-state index contributed by atoms with van der Waals surface area (Å²) in [7, 11) is -4.49. The van der Waals surface area contributed by atoms with Crippen molar-refractivity contribution in [2.24, 2.45) is 17.8 Å². The molecule has 1 heterocycles. The number of aliphatic hydroxyl groups is 4. The minimum absolute atomic E-state index is 0.0319. The number of aliphatic carboxylic acids is 1. The second-order valence-corrected chi connectivity index (χ2v) is 14.3. The van der Waals surface area contributed by atoms with E-state index in [1.54, 1.807) is 0 Å². The molecule has 13 heteroatoms. The number of nitrogens with one attached hydrogen (secondary N) is 2. The molecule has 0 bridgehead atoms. The molecule has 0 aromatic rings. The third-order valence-electron chi connectivity index (χ3n) is 7.62. The van der Waals surface area contributed by atoms with Gasteiger partial charge in [-0.1, -0.05) is 66.2 Å². The lowest BCUT2D eigenvalue weighted by molar-refractivity contribution is -0.148. The maximum absolute atomic E-state index is 12.6. The van der Waals surface area contributed by atoms with Gasteiger partial charge in [-0.15, -0.1) is 0 Å². The molecule has 1 amide bonds. The summed E-state index contributed by atoms with van der Waals surface area (Å²) in [5, 5.41) is 54.2. The predicted octanol–water partition coefficient (Wildman–Crippen LogP) is 1.61. The Hall–Kier alpha value is -1.11. The highest BCUT2D eigenvalue weighted by Gasteiger charge is 2.43. The number of aliphatic hydroxyl groups excluding tert-OH is 4. The van der Waals surface area contributed by atoms with Crippen molar-refractivity contribution in [3.05, 3.63) is 0 Å². The van der Waals surface area contributed by atoms with Crippen LogP contribution in [0.15, 0.2) is 0 Å². The number of rotatable bonds is 20.